The van der Waals surface area contributed by atoms with Crippen LogP contribution in [0.1, 0.15) is 35.6 Å². The first-order valence-electron chi connectivity index (χ1n) is 12.6. The molecule has 1 aliphatic carbocycles. The Kier molecular flexibility index (Phi) is 9.88. The lowest BCUT2D eigenvalue weighted by Crippen LogP contribution is -2.26. The second-order valence-corrected chi connectivity index (χ2v) is 9.88. The van der Waals surface area contributed by atoms with Crippen LogP contribution >= 0.6 is 12.4 Å². The lowest BCUT2D eigenvalue weighted by Gasteiger charge is -2.33. The van der Waals surface area contributed by atoms with E-state index in [1.54, 1.807) is 21.3 Å². The lowest BCUT2D eigenvalue weighted by molar-refractivity contribution is 0.0343. The first-order valence-corrected chi connectivity index (χ1v) is 12.6. The van der Waals surface area contributed by atoms with Gasteiger partial charge in [0.05, 0.1) is 27.4 Å². The van der Waals surface area contributed by atoms with Gasteiger partial charge in [0.2, 0.25) is 5.75 Å². The van der Waals surface area contributed by atoms with Crippen LogP contribution in [0.3, 0.4) is 0 Å². The van der Waals surface area contributed by atoms with Gasteiger partial charge in [-0.05, 0) is 92.2 Å². The Morgan fingerprint density at radius 3 is 2.05 bits per heavy atom. The van der Waals surface area contributed by atoms with E-state index in [9.17, 15) is 0 Å². The van der Waals surface area contributed by atoms with Gasteiger partial charge >= 0.3 is 0 Å². The third-order valence-corrected chi connectivity index (χ3v) is 7.40. The number of methoxy groups -OCH3 is 4. The van der Waals surface area contributed by atoms with E-state index in [1.165, 1.54) is 28.7 Å². The quantitative estimate of drug-likeness (QED) is 0.301. The summed E-state index contributed by atoms with van der Waals surface area (Å²) in [6.07, 6.45) is 3.60. The SMILES string of the molecule is COc1cc(C)c(-c2ccc(-c3ccc4c(c3)CCC(CCN(C)C)C4OC)cc2)c(OC)c1OC.Cl. The number of rotatable bonds is 9. The smallest absolute Gasteiger partial charge is 0.203 e. The molecule has 0 spiro atoms. The second-order valence-electron chi connectivity index (χ2n) is 9.88. The molecule has 4 rings (SSSR count). The predicted octanol–water partition coefficient (Wildman–Crippen LogP) is 6.98. The summed E-state index contributed by atoms with van der Waals surface area (Å²) in [6.45, 7) is 3.16. The molecular weight excluding hydrogens is 486 g/mol. The molecule has 0 heterocycles. The number of hydrogen-bond donors (Lipinski definition) is 0. The Bertz CT molecular complexity index is 1190. The molecule has 0 amide bonds. The van der Waals surface area contributed by atoms with E-state index >= 15 is 0 Å². The van der Waals surface area contributed by atoms with Crippen LogP contribution in [0, 0.1) is 12.8 Å². The van der Waals surface area contributed by atoms with E-state index in [0.29, 0.717) is 23.2 Å². The highest BCUT2D eigenvalue weighted by Gasteiger charge is 2.29. The Labute approximate surface area is 228 Å². The van der Waals surface area contributed by atoms with Crippen molar-refractivity contribution in [3.05, 3.63) is 65.2 Å². The third kappa shape index (κ3) is 5.90. The molecule has 3 aromatic rings. The maximum atomic E-state index is 5.99. The Morgan fingerprint density at radius 2 is 1.46 bits per heavy atom. The maximum absolute atomic E-state index is 5.99. The van der Waals surface area contributed by atoms with Crippen molar-refractivity contribution in [3.63, 3.8) is 0 Å². The number of nitrogens with zero attached hydrogens (tertiary/aromatic N) is 1. The highest BCUT2D eigenvalue weighted by Crippen LogP contribution is 2.47. The fourth-order valence-electron chi connectivity index (χ4n) is 5.53. The third-order valence-electron chi connectivity index (χ3n) is 7.40. The summed E-state index contributed by atoms with van der Waals surface area (Å²) in [5.74, 6) is 2.52. The number of hydrogen-bond acceptors (Lipinski definition) is 5. The largest absolute Gasteiger partial charge is 0.493 e. The highest BCUT2D eigenvalue weighted by molar-refractivity contribution is 5.85. The van der Waals surface area contributed by atoms with Crippen molar-refractivity contribution in [2.75, 3.05) is 49.1 Å². The van der Waals surface area contributed by atoms with E-state index < -0.39 is 0 Å². The van der Waals surface area contributed by atoms with Crippen LogP contribution in [0.25, 0.3) is 22.3 Å². The fourth-order valence-corrected chi connectivity index (χ4v) is 5.53. The molecule has 1 aliphatic rings. The molecule has 5 nitrogen and oxygen atoms in total. The summed E-state index contributed by atoms with van der Waals surface area (Å²) in [5.41, 5.74) is 8.34. The summed E-state index contributed by atoms with van der Waals surface area (Å²) in [4.78, 5) is 2.26. The topological polar surface area (TPSA) is 40.2 Å². The van der Waals surface area contributed by atoms with E-state index in [1.807, 2.05) is 13.2 Å². The molecule has 0 saturated heterocycles. The van der Waals surface area contributed by atoms with Crippen LogP contribution in [0.5, 0.6) is 17.2 Å². The van der Waals surface area contributed by atoms with E-state index in [0.717, 1.165) is 36.1 Å². The summed E-state index contributed by atoms with van der Waals surface area (Å²) < 4.78 is 22.9. The van der Waals surface area contributed by atoms with Crippen LogP contribution in [0.2, 0.25) is 0 Å². The second kappa shape index (κ2) is 12.7. The number of ether oxygens (including phenoxy) is 4. The zero-order valence-corrected chi connectivity index (χ0v) is 23.9. The van der Waals surface area contributed by atoms with Crippen LogP contribution < -0.4 is 14.2 Å². The van der Waals surface area contributed by atoms with Gasteiger partial charge in [-0.25, -0.2) is 0 Å². The number of aryl methyl sites for hydroxylation is 2. The van der Waals surface area contributed by atoms with Gasteiger partial charge in [0, 0.05) is 12.7 Å². The first kappa shape index (κ1) is 28.8. The van der Waals surface area contributed by atoms with E-state index in [-0.39, 0.29) is 18.5 Å². The van der Waals surface area contributed by atoms with Gasteiger partial charge in [-0.3, -0.25) is 0 Å². The molecule has 200 valence electrons. The zero-order chi connectivity index (χ0) is 25.8. The van der Waals surface area contributed by atoms with Crippen LogP contribution in [-0.2, 0) is 11.2 Å². The van der Waals surface area contributed by atoms with Gasteiger partial charge in [-0.2, -0.15) is 0 Å². The van der Waals surface area contributed by atoms with Gasteiger partial charge in [-0.15, -0.1) is 12.4 Å². The normalized spacial score (nSPS) is 16.6. The number of fused-ring (bicyclic) bond motifs is 1. The van der Waals surface area contributed by atoms with Crippen LogP contribution in [0.15, 0.2) is 48.5 Å². The Balaban J connectivity index is 0.00000380. The molecule has 0 radical (unpaired) electrons. The molecule has 37 heavy (non-hydrogen) atoms. The summed E-state index contributed by atoms with van der Waals surface area (Å²) in [7, 11) is 11.1. The molecular formula is C31H40ClNO4. The minimum atomic E-state index is 0. The molecule has 0 bridgehead atoms. The van der Waals surface area contributed by atoms with Crippen LogP contribution in [0.4, 0.5) is 0 Å². The van der Waals surface area contributed by atoms with Crippen molar-refractivity contribution in [2.24, 2.45) is 5.92 Å². The molecule has 0 aliphatic heterocycles. The van der Waals surface area contributed by atoms with Crippen molar-refractivity contribution in [1.29, 1.82) is 0 Å². The van der Waals surface area contributed by atoms with Crippen molar-refractivity contribution in [3.8, 4) is 39.5 Å². The van der Waals surface area contributed by atoms with Gasteiger partial charge in [0.15, 0.2) is 11.5 Å². The first-order chi connectivity index (χ1) is 17.4. The standard InChI is InChI=1S/C31H39NO4.ClH/c1-20-18-27(33-4)30(35-6)31(36-7)28(20)22-10-8-21(9-11-22)24-14-15-26-25(19-24)13-12-23(29(26)34-5)16-17-32(2)3;/h8-11,14-15,18-19,23,29H,12-13,16-17H2,1-7H3;1H. The minimum absolute atomic E-state index is 0. The van der Waals surface area contributed by atoms with E-state index in [4.69, 9.17) is 18.9 Å². The molecule has 0 fully saturated rings. The monoisotopic (exact) mass is 525 g/mol. The van der Waals surface area contributed by atoms with Gasteiger partial charge in [-0.1, -0.05) is 42.5 Å². The average Bonchev–Trinajstić information content (AvgIpc) is 2.90. The predicted molar refractivity (Wildman–Crippen MR) is 154 cm³/mol. The van der Waals surface area contributed by atoms with Crippen molar-refractivity contribution < 1.29 is 18.9 Å². The number of halogens is 1. The van der Waals surface area contributed by atoms with E-state index in [2.05, 4.69) is 68.4 Å². The Morgan fingerprint density at radius 1 is 0.811 bits per heavy atom. The fraction of sp³-hybridized carbons (Fsp3) is 0.419. The average molecular weight is 526 g/mol. The molecule has 3 aromatic carbocycles. The minimum Gasteiger partial charge on any atom is -0.493 e. The number of benzene rings is 3. The van der Waals surface area contributed by atoms with Gasteiger partial charge in [0.1, 0.15) is 0 Å². The summed E-state index contributed by atoms with van der Waals surface area (Å²) >= 11 is 0. The highest BCUT2D eigenvalue weighted by atomic mass is 35.5. The molecule has 0 N–H and O–H groups in total. The van der Waals surface area contributed by atoms with Gasteiger partial charge in [0.25, 0.3) is 0 Å². The lowest BCUT2D eigenvalue weighted by atomic mass is 9.78. The van der Waals surface area contributed by atoms with Crippen molar-refractivity contribution in [2.45, 2.75) is 32.3 Å². The summed E-state index contributed by atoms with van der Waals surface area (Å²) in [5, 5.41) is 0. The van der Waals surface area contributed by atoms with Crippen molar-refractivity contribution in [1.82, 2.24) is 4.90 Å². The molecule has 0 saturated carbocycles. The molecule has 0 aromatic heterocycles. The molecule has 6 heteroatoms. The van der Waals surface area contributed by atoms with Gasteiger partial charge < -0.3 is 23.8 Å². The van der Waals surface area contributed by atoms with Crippen LogP contribution in [-0.4, -0.2) is 54.0 Å². The van der Waals surface area contributed by atoms with Crippen molar-refractivity contribution >= 4 is 12.4 Å². The zero-order valence-electron chi connectivity index (χ0n) is 23.1. The summed E-state index contributed by atoms with van der Waals surface area (Å²) in [6, 6.07) is 17.5. The maximum Gasteiger partial charge on any atom is 0.203 e. The molecule has 2 unspecified atom stereocenters. The molecule has 2 atom stereocenters. The Hall–Kier alpha value is -2.73.